The van der Waals surface area contributed by atoms with Crippen molar-refractivity contribution in [2.45, 2.75) is 13.3 Å². The molecule has 0 amide bonds. The van der Waals surface area contributed by atoms with Crippen LogP contribution in [0.1, 0.15) is 12.5 Å². The lowest BCUT2D eigenvalue weighted by Crippen LogP contribution is -2.09. The first-order chi connectivity index (χ1) is 9.63. The van der Waals surface area contributed by atoms with Gasteiger partial charge in [-0.3, -0.25) is 10.1 Å². The summed E-state index contributed by atoms with van der Waals surface area (Å²) in [5.74, 6) is 6.15. The Hall–Kier alpha value is -2.67. The molecule has 0 bridgehead atoms. The minimum absolute atomic E-state index is 0.119. The molecule has 0 aliphatic carbocycles. The lowest BCUT2D eigenvalue weighted by molar-refractivity contribution is -0.384. The zero-order valence-corrected chi connectivity index (χ0v) is 10.9. The zero-order chi connectivity index (χ0) is 14.5. The highest BCUT2D eigenvalue weighted by atomic mass is 16.6. The van der Waals surface area contributed by atoms with Gasteiger partial charge in [-0.25, -0.2) is 5.84 Å². The van der Waals surface area contributed by atoms with Crippen LogP contribution in [0.2, 0.25) is 0 Å². The third-order valence-corrected chi connectivity index (χ3v) is 2.71. The predicted molar refractivity (Wildman–Crippen MR) is 74.6 cm³/mol. The molecule has 0 fully saturated rings. The number of para-hydroxylation sites is 1. The average Bonchev–Trinajstić information content (AvgIpc) is 2.47. The van der Waals surface area contributed by atoms with Crippen molar-refractivity contribution >= 4 is 11.5 Å². The molecular weight excluding hydrogens is 260 g/mol. The van der Waals surface area contributed by atoms with Crippen molar-refractivity contribution in [3.05, 3.63) is 52.1 Å². The number of pyridine rings is 1. The van der Waals surface area contributed by atoms with E-state index in [0.29, 0.717) is 5.75 Å². The average molecular weight is 274 g/mol. The Morgan fingerprint density at radius 1 is 1.40 bits per heavy atom. The van der Waals surface area contributed by atoms with Crippen molar-refractivity contribution in [2.75, 3.05) is 5.43 Å². The highest BCUT2D eigenvalue weighted by Gasteiger charge is 2.13. The summed E-state index contributed by atoms with van der Waals surface area (Å²) in [7, 11) is 0. The fraction of sp³-hybridized carbons (Fsp3) is 0.154. The van der Waals surface area contributed by atoms with Gasteiger partial charge in [0.1, 0.15) is 5.75 Å². The second-order valence-electron chi connectivity index (χ2n) is 4.01. The van der Waals surface area contributed by atoms with Crippen LogP contribution in [-0.4, -0.2) is 9.91 Å². The van der Waals surface area contributed by atoms with Gasteiger partial charge in [0.25, 0.3) is 5.69 Å². The van der Waals surface area contributed by atoms with Crippen LogP contribution in [0.25, 0.3) is 0 Å². The first kappa shape index (κ1) is 13.8. The topological polar surface area (TPSA) is 103 Å². The van der Waals surface area contributed by atoms with Gasteiger partial charge < -0.3 is 10.2 Å². The molecule has 0 unspecified atom stereocenters. The van der Waals surface area contributed by atoms with Crippen LogP contribution >= 0.6 is 0 Å². The number of nitro groups is 1. The van der Waals surface area contributed by atoms with Crippen molar-refractivity contribution in [3.8, 4) is 11.6 Å². The first-order valence-corrected chi connectivity index (χ1v) is 6.03. The number of benzene rings is 1. The van der Waals surface area contributed by atoms with E-state index in [1.165, 1.54) is 12.1 Å². The van der Waals surface area contributed by atoms with E-state index in [9.17, 15) is 10.1 Å². The Morgan fingerprint density at radius 2 is 2.15 bits per heavy atom. The van der Waals surface area contributed by atoms with E-state index in [4.69, 9.17) is 10.6 Å². The smallest absolute Gasteiger partial charge is 0.278 e. The van der Waals surface area contributed by atoms with Crippen LogP contribution in [0.15, 0.2) is 36.4 Å². The quantitative estimate of drug-likeness (QED) is 0.493. The summed E-state index contributed by atoms with van der Waals surface area (Å²) in [6, 6.07) is 9.93. The molecule has 0 saturated carbocycles. The number of ether oxygens (including phenoxy) is 1. The molecule has 0 aliphatic rings. The zero-order valence-electron chi connectivity index (χ0n) is 10.9. The number of hydrazine groups is 1. The lowest BCUT2D eigenvalue weighted by Gasteiger charge is -2.09. The largest absolute Gasteiger partial charge is 0.438 e. The third kappa shape index (κ3) is 3.01. The van der Waals surface area contributed by atoms with Crippen LogP contribution in [0.5, 0.6) is 11.6 Å². The number of rotatable bonds is 5. The Morgan fingerprint density at radius 3 is 2.80 bits per heavy atom. The van der Waals surface area contributed by atoms with Crippen molar-refractivity contribution in [1.82, 2.24) is 4.98 Å². The van der Waals surface area contributed by atoms with Crippen molar-refractivity contribution in [1.29, 1.82) is 0 Å². The van der Waals surface area contributed by atoms with Crippen LogP contribution in [0.4, 0.5) is 11.5 Å². The van der Waals surface area contributed by atoms with E-state index in [1.807, 2.05) is 25.1 Å². The second-order valence-corrected chi connectivity index (χ2v) is 4.01. The Bertz CT molecular complexity index is 631. The second kappa shape index (κ2) is 5.98. The molecule has 1 heterocycles. The number of nitrogen functional groups attached to an aromatic ring is 1. The molecule has 7 nitrogen and oxygen atoms in total. The summed E-state index contributed by atoms with van der Waals surface area (Å²) < 4.78 is 5.62. The van der Waals surface area contributed by atoms with Gasteiger partial charge >= 0.3 is 0 Å². The minimum Gasteiger partial charge on any atom is -0.438 e. The molecule has 7 heteroatoms. The maximum atomic E-state index is 10.9. The van der Waals surface area contributed by atoms with Crippen molar-refractivity contribution in [3.63, 3.8) is 0 Å². The molecule has 0 spiro atoms. The molecule has 2 aromatic rings. The monoisotopic (exact) mass is 274 g/mol. The maximum Gasteiger partial charge on any atom is 0.278 e. The van der Waals surface area contributed by atoms with E-state index in [2.05, 4.69) is 10.4 Å². The van der Waals surface area contributed by atoms with E-state index < -0.39 is 4.92 Å². The fourth-order valence-electron chi connectivity index (χ4n) is 1.73. The predicted octanol–water partition coefficient (Wildman–Crippen LogP) is 2.63. The van der Waals surface area contributed by atoms with Gasteiger partial charge in [0.05, 0.1) is 17.1 Å². The van der Waals surface area contributed by atoms with Gasteiger partial charge in [0.15, 0.2) is 5.82 Å². The van der Waals surface area contributed by atoms with Crippen molar-refractivity contribution in [2.24, 2.45) is 5.84 Å². The number of aromatic nitrogens is 1. The normalized spacial score (nSPS) is 10.1. The van der Waals surface area contributed by atoms with E-state index in [-0.39, 0.29) is 17.4 Å². The van der Waals surface area contributed by atoms with Crippen LogP contribution in [-0.2, 0) is 6.42 Å². The lowest BCUT2D eigenvalue weighted by atomic mass is 10.1. The Labute approximate surface area is 115 Å². The maximum absolute atomic E-state index is 10.9. The van der Waals surface area contributed by atoms with Gasteiger partial charge in [0, 0.05) is 0 Å². The molecule has 20 heavy (non-hydrogen) atoms. The summed E-state index contributed by atoms with van der Waals surface area (Å²) in [6.45, 7) is 2.00. The first-order valence-electron chi connectivity index (χ1n) is 6.03. The van der Waals surface area contributed by atoms with E-state index in [0.717, 1.165) is 12.0 Å². The summed E-state index contributed by atoms with van der Waals surface area (Å²) in [5.41, 5.74) is 3.13. The SMILES string of the molecule is CCc1ccccc1Oc1cc([N+](=O)[O-])cc(NN)n1. The number of nitrogens with two attached hydrogens (primary N) is 1. The molecule has 3 N–H and O–H groups in total. The molecule has 1 aromatic heterocycles. The number of nitrogens with one attached hydrogen (secondary N) is 1. The van der Waals surface area contributed by atoms with E-state index in [1.54, 1.807) is 6.07 Å². The van der Waals surface area contributed by atoms with Crippen LogP contribution in [0.3, 0.4) is 0 Å². The number of anilines is 1. The van der Waals surface area contributed by atoms with Gasteiger partial charge in [-0.15, -0.1) is 0 Å². The molecule has 0 radical (unpaired) electrons. The molecule has 104 valence electrons. The number of aryl methyl sites for hydroxylation is 1. The highest BCUT2D eigenvalue weighted by Crippen LogP contribution is 2.28. The van der Waals surface area contributed by atoms with Gasteiger partial charge in [-0.05, 0) is 18.1 Å². The van der Waals surface area contributed by atoms with E-state index >= 15 is 0 Å². The molecule has 2 rings (SSSR count). The summed E-state index contributed by atoms with van der Waals surface area (Å²) in [6.07, 6.45) is 0.785. The third-order valence-electron chi connectivity index (χ3n) is 2.71. The van der Waals surface area contributed by atoms with Crippen LogP contribution < -0.4 is 16.0 Å². The number of hydrogen-bond acceptors (Lipinski definition) is 6. The van der Waals surface area contributed by atoms with Gasteiger partial charge in [-0.1, -0.05) is 25.1 Å². The summed E-state index contributed by atoms with van der Waals surface area (Å²) in [4.78, 5) is 14.4. The molecule has 1 aromatic carbocycles. The number of nitrogens with zero attached hydrogens (tertiary/aromatic N) is 2. The molecule has 0 aliphatic heterocycles. The molecular formula is C13H14N4O3. The van der Waals surface area contributed by atoms with Gasteiger partial charge in [0.2, 0.25) is 5.88 Å². The summed E-state index contributed by atoms with van der Waals surface area (Å²) >= 11 is 0. The Kier molecular flexibility index (Phi) is 4.11. The summed E-state index contributed by atoms with van der Waals surface area (Å²) in [5, 5.41) is 10.9. The van der Waals surface area contributed by atoms with Gasteiger partial charge in [-0.2, -0.15) is 4.98 Å². The Balaban J connectivity index is 2.37. The minimum atomic E-state index is -0.527. The molecule has 0 atom stereocenters. The fourth-order valence-corrected chi connectivity index (χ4v) is 1.73. The highest BCUT2D eigenvalue weighted by molar-refractivity contribution is 5.48. The van der Waals surface area contributed by atoms with Crippen molar-refractivity contribution < 1.29 is 9.66 Å². The standard InChI is InChI=1S/C13H14N4O3/c1-2-9-5-3-4-6-11(9)20-13-8-10(17(18)19)7-12(15-13)16-14/h3-8H,2,14H2,1H3,(H,15,16). The molecule has 0 saturated heterocycles. The number of hydrogen-bond donors (Lipinski definition) is 2. The van der Waals surface area contributed by atoms with Crippen LogP contribution in [0, 0.1) is 10.1 Å².